The van der Waals surface area contributed by atoms with Crippen LogP contribution in [-0.4, -0.2) is 32.4 Å². The molecule has 6 nitrogen and oxygen atoms in total. The molecular weight excluding hydrogens is 403 g/mol. The number of rotatable bonds is 9. The standard InChI is InChI=1S/C20H22Cl2N2O4/c1-13(16-8-7-15(26-2)12-19(16)27-3)23-24-20(25)5-4-10-28-18-9-6-14(21)11-17(18)22/h6-9,11-12H,4-5,10H2,1-3H3,(H,24,25)/b23-13+. The molecule has 1 amide bonds. The fourth-order valence-corrected chi connectivity index (χ4v) is 2.83. The Labute approximate surface area is 174 Å². The minimum Gasteiger partial charge on any atom is -0.497 e. The number of benzene rings is 2. The minimum atomic E-state index is -0.211. The van der Waals surface area contributed by atoms with Crippen molar-refractivity contribution < 1.29 is 19.0 Å². The van der Waals surface area contributed by atoms with E-state index in [1.54, 1.807) is 51.5 Å². The number of nitrogens with one attached hydrogen (secondary N) is 1. The molecule has 8 heteroatoms. The van der Waals surface area contributed by atoms with E-state index in [-0.39, 0.29) is 12.3 Å². The first-order valence-corrected chi connectivity index (χ1v) is 9.33. The van der Waals surface area contributed by atoms with Crippen LogP contribution in [0.25, 0.3) is 0 Å². The van der Waals surface area contributed by atoms with Crippen LogP contribution in [0.2, 0.25) is 10.0 Å². The van der Waals surface area contributed by atoms with Crippen molar-refractivity contribution in [3.8, 4) is 17.2 Å². The Bertz CT molecular complexity index is 856. The summed E-state index contributed by atoms with van der Waals surface area (Å²) >= 11 is 11.9. The topological polar surface area (TPSA) is 69.2 Å². The smallest absolute Gasteiger partial charge is 0.240 e. The van der Waals surface area contributed by atoms with Gasteiger partial charge in [0.25, 0.3) is 0 Å². The molecule has 0 aliphatic rings. The monoisotopic (exact) mass is 424 g/mol. The van der Waals surface area contributed by atoms with Crippen molar-refractivity contribution in [2.24, 2.45) is 5.10 Å². The van der Waals surface area contributed by atoms with Gasteiger partial charge in [-0.15, -0.1) is 0 Å². The Kier molecular flexibility index (Phi) is 8.42. The summed E-state index contributed by atoms with van der Waals surface area (Å²) in [6.07, 6.45) is 0.785. The zero-order valence-electron chi connectivity index (χ0n) is 15.9. The summed E-state index contributed by atoms with van der Waals surface area (Å²) in [4.78, 5) is 12.0. The largest absolute Gasteiger partial charge is 0.497 e. The second-order valence-electron chi connectivity index (χ2n) is 5.83. The maximum Gasteiger partial charge on any atom is 0.240 e. The summed E-state index contributed by atoms with van der Waals surface area (Å²) in [5.41, 5.74) is 3.93. The van der Waals surface area contributed by atoms with Gasteiger partial charge >= 0.3 is 0 Å². The number of hydrogen-bond donors (Lipinski definition) is 1. The third kappa shape index (κ3) is 6.32. The van der Waals surface area contributed by atoms with E-state index in [1.165, 1.54) is 0 Å². The second kappa shape index (κ2) is 10.8. The van der Waals surface area contributed by atoms with Crippen molar-refractivity contribution in [3.63, 3.8) is 0 Å². The van der Waals surface area contributed by atoms with Gasteiger partial charge in [0.1, 0.15) is 17.2 Å². The van der Waals surface area contributed by atoms with Crippen molar-refractivity contribution in [1.29, 1.82) is 0 Å². The zero-order valence-corrected chi connectivity index (χ0v) is 17.4. The molecule has 0 bridgehead atoms. The van der Waals surface area contributed by atoms with Gasteiger partial charge in [0, 0.05) is 23.1 Å². The number of carbonyl (C=O) groups excluding carboxylic acids is 1. The third-order valence-electron chi connectivity index (χ3n) is 3.85. The average molecular weight is 425 g/mol. The third-order valence-corrected chi connectivity index (χ3v) is 4.38. The van der Waals surface area contributed by atoms with Gasteiger partial charge in [0.05, 0.1) is 31.6 Å². The SMILES string of the molecule is COc1ccc(/C(C)=N/NC(=O)CCCOc2ccc(Cl)cc2Cl)c(OC)c1. The van der Waals surface area contributed by atoms with E-state index in [4.69, 9.17) is 37.4 Å². The number of amides is 1. The van der Waals surface area contributed by atoms with E-state index in [2.05, 4.69) is 10.5 Å². The van der Waals surface area contributed by atoms with Crippen molar-refractivity contribution in [3.05, 3.63) is 52.0 Å². The molecule has 0 aliphatic heterocycles. The minimum absolute atomic E-state index is 0.211. The van der Waals surface area contributed by atoms with Crippen molar-refractivity contribution in [1.82, 2.24) is 5.43 Å². The van der Waals surface area contributed by atoms with E-state index < -0.39 is 0 Å². The van der Waals surface area contributed by atoms with Gasteiger partial charge in [0.15, 0.2) is 0 Å². The molecule has 0 radical (unpaired) electrons. The highest BCUT2D eigenvalue weighted by atomic mass is 35.5. The number of halogens is 2. The molecule has 0 aromatic heterocycles. The molecular formula is C20H22Cl2N2O4. The summed E-state index contributed by atoms with van der Waals surface area (Å²) in [5, 5.41) is 5.11. The Morgan fingerprint density at radius 2 is 1.86 bits per heavy atom. The number of ether oxygens (including phenoxy) is 3. The van der Waals surface area contributed by atoms with Crippen LogP contribution in [0, 0.1) is 0 Å². The van der Waals surface area contributed by atoms with E-state index in [9.17, 15) is 4.79 Å². The second-order valence-corrected chi connectivity index (χ2v) is 6.67. The van der Waals surface area contributed by atoms with Crippen LogP contribution in [0.15, 0.2) is 41.5 Å². The lowest BCUT2D eigenvalue weighted by Gasteiger charge is -2.10. The summed E-state index contributed by atoms with van der Waals surface area (Å²) in [6.45, 7) is 2.14. The van der Waals surface area contributed by atoms with Crippen molar-refractivity contribution >= 4 is 34.8 Å². The van der Waals surface area contributed by atoms with Crippen molar-refractivity contribution in [2.75, 3.05) is 20.8 Å². The Balaban J connectivity index is 1.82. The number of carbonyl (C=O) groups is 1. The normalized spacial score (nSPS) is 11.1. The van der Waals surface area contributed by atoms with Crippen LogP contribution in [0.4, 0.5) is 0 Å². The van der Waals surface area contributed by atoms with Crippen LogP contribution >= 0.6 is 23.2 Å². The lowest BCUT2D eigenvalue weighted by molar-refractivity contribution is -0.121. The van der Waals surface area contributed by atoms with Gasteiger partial charge in [-0.05, 0) is 43.7 Å². The van der Waals surface area contributed by atoms with Gasteiger partial charge in [0.2, 0.25) is 5.91 Å². The Hall–Kier alpha value is -2.44. The summed E-state index contributed by atoms with van der Waals surface area (Å²) in [6, 6.07) is 10.4. The summed E-state index contributed by atoms with van der Waals surface area (Å²) in [7, 11) is 3.15. The number of nitrogens with zero attached hydrogens (tertiary/aromatic N) is 1. The highest BCUT2D eigenvalue weighted by Gasteiger charge is 2.09. The molecule has 28 heavy (non-hydrogen) atoms. The van der Waals surface area contributed by atoms with Crippen molar-refractivity contribution in [2.45, 2.75) is 19.8 Å². The molecule has 0 saturated heterocycles. The van der Waals surface area contributed by atoms with Gasteiger partial charge < -0.3 is 14.2 Å². The predicted octanol–water partition coefficient (Wildman–Crippen LogP) is 4.71. The van der Waals surface area contributed by atoms with E-state index in [1.807, 2.05) is 6.07 Å². The molecule has 0 atom stereocenters. The Morgan fingerprint density at radius 1 is 1.07 bits per heavy atom. The quantitative estimate of drug-likeness (QED) is 0.359. The maximum atomic E-state index is 12.0. The van der Waals surface area contributed by atoms with E-state index in [0.29, 0.717) is 46.0 Å². The average Bonchev–Trinajstić information content (AvgIpc) is 2.70. The molecule has 150 valence electrons. The summed E-state index contributed by atoms with van der Waals surface area (Å²) < 4.78 is 16.1. The van der Waals surface area contributed by atoms with E-state index >= 15 is 0 Å². The first kappa shape index (κ1) is 21.9. The first-order valence-electron chi connectivity index (χ1n) is 8.58. The lowest BCUT2D eigenvalue weighted by atomic mass is 10.1. The van der Waals surface area contributed by atoms with Crippen LogP contribution in [0.1, 0.15) is 25.3 Å². The van der Waals surface area contributed by atoms with E-state index in [0.717, 1.165) is 5.56 Å². The maximum absolute atomic E-state index is 12.0. The molecule has 0 heterocycles. The van der Waals surface area contributed by atoms with Crippen LogP contribution in [-0.2, 0) is 4.79 Å². The van der Waals surface area contributed by atoms with Gasteiger partial charge in [-0.2, -0.15) is 5.10 Å². The zero-order chi connectivity index (χ0) is 20.5. The van der Waals surface area contributed by atoms with Gasteiger partial charge in [-0.25, -0.2) is 5.43 Å². The molecule has 2 aromatic carbocycles. The highest BCUT2D eigenvalue weighted by molar-refractivity contribution is 6.35. The molecule has 1 N–H and O–H groups in total. The van der Waals surface area contributed by atoms with Gasteiger partial charge in [-0.3, -0.25) is 4.79 Å². The molecule has 0 unspecified atom stereocenters. The predicted molar refractivity (Wildman–Crippen MR) is 111 cm³/mol. The number of hydrogen-bond acceptors (Lipinski definition) is 5. The molecule has 0 fully saturated rings. The fraction of sp³-hybridized carbons (Fsp3) is 0.300. The van der Waals surface area contributed by atoms with Crippen LogP contribution in [0.3, 0.4) is 0 Å². The first-order chi connectivity index (χ1) is 13.4. The van der Waals surface area contributed by atoms with Gasteiger partial charge in [-0.1, -0.05) is 23.2 Å². The number of hydrazone groups is 1. The molecule has 2 rings (SSSR count). The lowest BCUT2D eigenvalue weighted by Crippen LogP contribution is -2.19. The van der Waals surface area contributed by atoms with Crippen LogP contribution < -0.4 is 19.6 Å². The number of methoxy groups -OCH3 is 2. The molecule has 0 saturated carbocycles. The van der Waals surface area contributed by atoms with Crippen LogP contribution in [0.5, 0.6) is 17.2 Å². The molecule has 0 spiro atoms. The molecule has 2 aromatic rings. The summed E-state index contributed by atoms with van der Waals surface area (Å²) in [5.74, 6) is 1.62. The highest BCUT2D eigenvalue weighted by Crippen LogP contribution is 2.27. The molecule has 0 aliphatic carbocycles. The Morgan fingerprint density at radius 3 is 2.54 bits per heavy atom. The fourth-order valence-electron chi connectivity index (χ4n) is 2.37.